The minimum atomic E-state index is -3.71. The van der Waals surface area contributed by atoms with E-state index in [1.165, 1.54) is 18.2 Å². The summed E-state index contributed by atoms with van der Waals surface area (Å²) in [5, 5.41) is 18.5. The Balaban J connectivity index is 2.37. The van der Waals surface area contributed by atoms with E-state index in [1.54, 1.807) is 31.2 Å². The highest BCUT2D eigenvalue weighted by Gasteiger charge is 2.19. The monoisotopic (exact) mass is 305 g/mol. The van der Waals surface area contributed by atoms with E-state index >= 15 is 0 Å². The Morgan fingerprint density at radius 2 is 1.62 bits per heavy atom. The molecule has 0 saturated heterocycles. The summed E-state index contributed by atoms with van der Waals surface area (Å²) in [5.74, 6) is 0. The Labute approximate surface area is 124 Å². The van der Waals surface area contributed by atoms with E-state index in [-0.39, 0.29) is 10.4 Å². The van der Waals surface area contributed by atoms with Gasteiger partial charge in [0.2, 0.25) is 0 Å². The minimum Gasteiger partial charge on any atom is -0.423 e. The summed E-state index contributed by atoms with van der Waals surface area (Å²) >= 11 is 0. The number of hydrogen-bond donors (Lipinski definition) is 3. The molecule has 0 heterocycles. The van der Waals surface area contributed by atoms with Crippen LogP contribution in [-0.4, -0.2) is 25.6 Å². The lowest BCUT2D eigenvalue weighted by Gasteiger charge is -2.13. The molecule has 7 heteroatoms. The van der Waals surface area contributed by atoms with Crippen LogP contribution in [0.4, 0.5) is 5.69 Å². The smallest absolute Gasteiger partial charge is 0.423 e. The molecule has 0 aliphatic heterocycles. The van der Waals surface area contributed by atoms with Crippen LogP contribution in [0, 0.1) is 13.8 Å². The van der Waals surface area contributed by atoms with Crippen LogP contribution < -0.4 is 10.2 Å². The Hall–Kier alpha value is -1.83. The standard InChI is InChI=1S/C14H16BNO4S/c1-10-6-8-12(9-7-10)21(19,20)16-14-5-3-4-13(11(14)2)15(17)18/h3-9,16-18H,1-2H3. The number of sulfonamides is 1. The van der Waals surface area contributed by atoms with Gasteiger partial charge in [-0.2, -0.15) is 0 Å². The van der Waals surface area contributed by atoms with Crippen molar-refractivity contribution in [3.8, 4) is 0 Å². The van der Waals surface area contributed by atoms with Crippen molar-refractivity contribution in [2.24, 2.45) is 0 Å². The number of hydrogen-bond acceptors (Lipinski definition) is 4. The van der Waals surface area contributed by atoms with Crippen molar-refractivity contribution in [1.82, 2.24) is 0 Å². The molecule has 0 aliphatic carbocycles. The molecule has 2 aromatic carbocycles. The fourth-order valence-electron chi connectivity index (χ4n) is 1.96. The van der Waals surface area contributed by atoms with Gasteiger partial charge in [-0.25, -0.2) is 8.42 Å². The molecule has 0 amide bonds. The second-order valence-corrected chi connectivity index (χ2v) is 6.49. The molecule has 5 nitrogen and oxygen atoms in total. The predicted molar refractivity (Wildman–Crippen MR) is 83.0 cm³/mol. The lowest BCUT2D eigenvalue weighted by Crippen LogP contribution is -2.32. The van der Waals surface area contributed by atoms with Gasteiger partial charge in [0.1, 0.15) is 0 Å². The van der Waals surface area contributed by atoms with E-state index in [0.29, 0.717) is 11.3 Å². The SMILES string of the molecule is Cc1ccc(S(=O)(=O)Nc2cccc(B(O)O)c2C)cc1. The largest absolute Gasteiger partial charge is 0.488 e. The van der Waals surface area contributed by atoms with Gasteiger partial charge in [-0.05, 0) is 43.1 Å². The molecule has 2 rings (SSSR count). The summed E-state index contributed by atoms with van der Waals surface area (Å²) in [6.07, 6.45) is 0. The average molecular weight is 305 g/mol. The zero-order valence-electron chi connectivity index (χ0n) is 11.7. The van der Waals surface area contributed by atoms with Crippen molar-refractivity contribution < 1.29 is 18.5 Å². The third kappa shape index (κ3) is 3.44. The Morgan fingerprint density at radius 3 is 2.19 bits per heavy atom. The molecular weight excluding hydrogens is 289 g/mol. The average Bonchev–Trinajstić information content (AvgIpc) is 2.41. The maximum absolute atomic E-state index is 12.3. The van der Waals surface area contributed by atoms with Gasteiger partial charge in [0.05, 0.1) is 10.6 Å². The third-order valence-electron chi connectivity index (χ3n) is 3.23. The maximum atomic E-state index is 12.3. The van der Waals surface area contributed by atoms with Crippen LogP contribution in [0.25, 0.3) is 0 Å². The second-order valence-electron chi connectivity index (χ2n) is 4.81. The summed E-state index contributed by atoms with van der Waals surface area (Å²) in [6.45, 7) is 3.50. The van der Waals surface area contributed by atoms with E-state index in [4.69, 9.17) is 0 Å². The Kier molecular flexibility index (Phi) is 4.36. The van der Waals surface area contributed by atoms with Crippen molar-refractivity contribution in [1.29, 1.82) is 0 Å². The van der Waals surface area contributed by atoms with Gasteiger partial charge in [0.25, 0.3) is 10.0 Å². The molecule has 0 fully saturated rings. The molecule has 0 aromatic heterocycles. The Morgan fingerprint density at radius 1 is 1.00 bits per heavy atom. The molecule has 0 unspecified atom stereocenters. The summed E-state index contributed by atoms with van der Waals surface area (Å²) in [7, 11) is -5.35. The Bertz CT molecular complexity index is 742. The van der Waals surface area contributed by atoms with Crippen molar-refractivity contribution in [3.63, 3.8) is 0 Å². The van der Waals surface area contributed by atoms with Gasteiger partial charge in [-0.1, -0.05) is 29.8 Å². The van der Waals surface area contributed by atoms with Crippen LogP contribution in [0.15, 0.2) is 47.4 Å². The number of benzene rings is 2. The highest BCUT2D eigenvalue weighted by Crippen LogP contribution is 2.19. The summed E-state index contributed by atoms with van der Waals surface area (Å²) < 4.78 is 27.1. The van der Waals surface area contributed by atoms with Crippen molar-refractivity contribution in [3.05, 3.63) is 53.6 Å². The molecule has 0 radical (unpaired) electrons. The topological polar surface area (TPSA) is 86.6 Å². The van der Waals surface area contributed by atoms with E-state index in [9.17, 15) is 18.5 Å². The lowest BCUT2D eigenvalue weighted by atomic mass is 9.77. The molecule has 110 valence electrons. The number of nitrogens with one attached hydrogen (secondary N) is 1. The first-order valence-electron chi connectivity index (χ1n) is 6.36. The first kappa shape index (κ1) is 15.6. The van der Waals surface area contributed by atoms with Gasteiger partial charge in [-0.15, -0.1) is 0 Å². The molecule has 2 aromatic rings. The zero-order valence-corrected chi connectivity index (χ0v) is 12.6. The highest BCUT2D eigenvalue weighted by atomic mass is 32.2. The maximum Gasteiger partial charge on any atom is 0.488 e. The first-order valence-corrected chi connectivity index (χ1v) is 7.85. The van der Waals surface area contributed by atoms with Gasteiger partial charge >= 0.3 is 7.12 Å². The third-order valence-corrected chi connectivity index (χ3v) is 4.61. The van der Waals surface area contributed by atoms with E-state index in [1.807, 2.05) is 6.92 Å². The molecule has 0 saturated carbocycles. The van der Waals surface area contributed by atoms with Crippen molar-refractivity contribution >= 4 is 28.3 Å². The first-order chi connectivity index (χ1) is 9.81. The molecule has 3 N–H and O–H groups in total. The van der Waals surface area contributed by atoms with E-state index in [0.717, 1.165) is 5.56 Å². The van der Waals surface area contributed by atoms with E-state index in [2.05, 4.69) is 4.72 Å². The highest BCUT2D eigenvalue weighted by molar-refractivity contribution is 7.92. The number of rotatable bonds is 4. The predicted octanol–water partition coefficient (Wildman–Crippen LogP) is 0.784. The van der Waals surface area contributed by atoms with Crippen LogP contribution in [0.3, 0.4) is 0 Å². The molecule has 21 heavy (non-hydrogen) atoms. The molecular formula is C14H16BNO4S. The zero-order chi connectivity index (χ0) is 15.6. The van der Waals surface area contributed by atoms with Crippen LogP contribution >= 0.6 is 0 Å². The van der Waals surface area contributed by atoms with Crippen molar-refractivity contribution in [2.45, 2.75) is 18.7 Å². The molecule has 0 aliphatic rings. The molecule has 0 spiro atoms. The van der Waals surface area contributed by atoms with Gasteiger partial charge < -0.3 is 10.0 Å². The molecule has 0 bridgehead atoms. The normalized spacial score (nSPS) is 11.2. The summed E-state index contributed by atoms with van der Waals surface area (Å²) in [4.78, 5) is 0.155. The number of anilines is 1. The second kappa shape index (κ2) is 5.89. The van der Waals surface area contributed by atoms with Crippen LogP contribution in [0.5, 0.6) is 0 Å². The fourth-order valence-corrected chi connectivity index (χ4v) is 3.09. The van der Waals surface area contributed by atoms with Crippen LogP contribution in [-0.2, 0) is 10.0 Å². The summed E-state index contributed by atoms with van der Waals surface area (Å²) in [5.41, 5.74) is 2.03. The van der Waals surface area contributed by atoms with Crippen LogP contribution in [0.2, 0.25) is 0 Å². The quantitative estimate of drug-likeness (QED) is 0.729. The fraction of sp³-hybridized carbons (Fsp3) is 0.143. The lowest BCUT2D eigenvalue weighted by molar-refractivity contribution is 0.425. The van der Waals surface area contributed by atoms with E-state index < -0.39 is 17.1 Å². The van der Waals surface area contributed by atoms with Crippen molar-refractivity contribution in [2.75, 3.05) is 4.72 Å². The van der Waals surface area contributed by atoms with Gasteiger partial charge in [0.15, 0.2) is 0 Å². The summed E-state index contributed by atoms with van der Waals surface area (Å²) in [6, 6.07) is 11.2. The van der Waals surface area contributed by atoms with Crippen LogP contribution in [0.1, 0.15) is 11.1 Å². The van der Waals surface area contributed by atoms with Gasteiger partial charge in [-0.3, -0.25) is 4.72 Å². The number of aryl methyl sites for hydroxylation is 1. The minimum absolute atomic E-state index is 0.155. The van der Waals surface area contributed by atoms with Gasteiger partial charge in [0, 0.05) is 0 Å². The molecule has 0 atom stereocenters.